The molecule has 0 fully saturated rings. The van der Waals surface area contributed by atoms with E-state index in [1.165, 1.54) is 14.0 Å². The Labute approximate surface area is 53.8 Å². The van der Waals surface area contributed by atoms with Gasteiger partial charge in [-0.3, -0.25) is 0 Å². The maximum Gasteiger partial charge on any atom is 0.210 e. The lowest BCUT2D eigenvalue weighted by Gasteiger charge is -1.92. The fourth-order valence-corrected chi connectivity index (χ4v) is 0.333. The summed E-state index contributed by atoms with van der Waals surface area (Å²) >= 11 is 0. The summed E-state index contributed by atoms with van der Waals surface area (Å²) < 4.78 is 4.55. The van der Waals surface area contributed by atoms with Crippen molar-refractivity contribution < 1.29 is 4.74 Å². The van der Waals surface area contributed by atoms with Crippen LogP contribution in [0.4, 0.5) is 0 Å². The molecule has 0 spiro atoms. The summed E-state index contributed by atoms with van der Waals surface area (Å²) in [6, 6.07) is 3.54. The highest BCUT2D eigenvalue weighted by Crippen LogP contribution is 2.00. The van der Waals surface area contributed by atoms with Crippen LogP contribution in [0.5, 0.6) is 0 Å². The zero-order valence-corrected chi connectivity index (χ0v) is 5.30. The van der Waals surface area contributed by atoms with Crippen molar-refractivity contribution in [2.45, 2.75) is 6.92 Å². The zero-order valence-electron chi connectivity index (χ0n) is 5.30. The number of ether oxygens (including phenoxy) is 1. The molecule has 46 valence electrons. The van der Waals surface area contributed by atoms with Crippen molar-refractivity contribution in [3.05, 3.63) is 11.3 Å². The van der Waals surface area contributed by atoms with Crippen molar-refractivity contribution >= 4 is 0 Å². The van der Waals surface area contributed by atoms with E-state index in [1.807, 2.05) is 0 Å². The molecule has 0 unspecified atom stereocenters. The topological polar surface area (TPSA) is 56.8 Å². The van der Waals surface area contributed by atoms with Gasteiger partial charge in [0.15, 0.2) is 0 Å². The normalized spacial score (nSPS) is 10.7. The fraction of sp³-hybridized carbons (Fsp3) is 0.333. The Morgan fingerprint density at radius 2 is 1.89 bits per heavy atom. The highest BCUT2D eigenvalue weighted by molar-refractivity contribution is 5.30. The number of nitrogens with zero attached hydrogens (tertiary/aromatic N) is 2. The van der Waals surface area contributed by atoms with Crippen molar-refractivity contribution in [1.82, 2.24) is 0 Å². The van der Waals surface area contributed by atoms with E-state index in [0.29, 0.717) is 5.57 Å². The SMILES string of the molecule is COC(C#N)=C(C)C#N. The second-order valence-corrected chi connectivity index (χ2v) is 1.38. The van der Waals surface area contributed by atoms with Crippen LogP contribution in [0.15, 0.2) is 11.3 Å². The van der Waals surface area contributed by atoms with E-state index in [0.717, 1.165) is 0 Å². The molecule has 0 aliphatic carbocycles. The van der Waals surface area contributed by atoms with Gasteiger partial charge in [0.1, 0.15) is 6.07 Å². The summed E-state index contributed by atoms with van der Waals surface area (Å²) in [5.41, 5.74) is 0.306. The minimum Gasteiger partial charge on any atom is -0.486 e. The van der Waals surface area contributed by atoms with Gasteiger partial charge in [0.25, 0.3) is 0 Å². The van der Waals surface area contributed by atoms with Crippen LogP contribution in [0, 0.1) is 22.7 Å². The number of rotatable bonds is 1. The second-order valence-electron chi connectivity index (χ2n) is 1.38. The molecule has 0 amide bonds. The molecule has 3 nitrogen and oxygen atoms in total. The van der Waals surface area contributed by atoms with Crippen LogP contribution in [0.25, 0.3) is 0 Å². The first kappa shape index (κ1) is 7.52. The molecule has 0 aromatic rings. The first-order valence-corrected chi connectivity index (χ1v) is 2.31. The Morgan fingerprint density at radius 1 is 1.33 bits per heavy atom. The molecule has 0 saturated heterocycles. The predicted molar refractivity (Wildman–Crippen MR) is 30.9 cm³/mol. The van der Waals surface area contributed by atoms with Crippen LogP contribution in [-0.2, 0) is 4.74 Å². The fourth-order valence-electron chi connectivity index (χ4n) is 0.333. The summed E-state index contributed by atoms with van der Waals surface area (Å²) in [7, 11) is 1.36. The first-order valence-electron chi connectivity index (χ1n) is 2.31. The molecule has 0 radical (unpaired) electrons. The van der Waals surface area contributed by atoms with Crippen molar-refractivity contribution in [3.8, 4) is 12.1 Å². The van der Waals surface area contributed by atoms with E-state index in [9.17, 15) is 0 Å². The quantitative estimate of drug-likeness (QED) is 0.384. The van der Waals surface area contributed by atoms with Gasteiger partial charge in [-0.15, -0.1) is 0 Å². The number of methoxy groups -OCH3 is 1. The van der Waals surface area contributed by atoms with Crippen LogP contribution in [0.3, 0.4) is 0 Å². The molecule has 0 aromatic heterocycles. The van der Waals surface area contributed by atoms with Crippen LogP contribution in [0.1, 0.15) is 6.92 Å². The van der Waals surface area contributed by atoms with Crippen LogP contribution in [0.2, 0.25) is 0 Å². The number of allylic oxidation sites excluding steroid dienone is 2. The van der Waals surface area contributed by atoms with E-state index in [2.05, 4.69) is 4.74 Å². The van der Waals surface area contributed by atoms with Gasteiger partial charge in [-0.05, 0) is 6.92 Å². The Kier molecular flexibility index (Phi) is 2.94. The Bertz CT molecular complexity index is 204. The summed E-state index contributed by atoms with van der Waals surface area (Å²) in [5.74, 6) is 0.0810. The second kappa shape index (κ2) is 3.51. The lowest BCUT2D eigenvalue weighted by molar-refractivity contribution is 0.307. The first-order chi connectivity index (χ1) is 4.26. The van der Waals surface area contributed by atoms with Crippen molar-refractivity contribution in [1.29, 1.82) is 10.5 Å². The van der Waals surface area contributed by atoms with Gasteiger partial charge in [-0.2, -0.15) is 10.5 Å². The smallest absolute Gasteiger partial charge is 0.210 e. The van der Waals surface area contributed by atoms with E-state index in [4.69, 9.17) is 10.5 Å². The highest BCUT2D eigenvalue weighted by Gasteiger charge is 1.97. The summed E-state index contributed by atoms with van der Waals surface area (Å²) in [6.45, 7) is 1.53. The van der Waals surface area contributed by atoms with Crippen molar-refractivity contribution in [3.63, 3.8) is 0 Å². The third-order valence-electron chi connectivity index (χ3n) is 0.814. The number of hydrogen-bond acceptors (Lipinski definition) is 3. The largest absolute Gasteiger partial charge is 0.486 e. The molecule has 0 heterocycles. The van der Waals surface area contributed by atoms with Crippen LogP contribution >= 0.6 is 0 Å². The predicted octanol–water partition coefficient (Wildman–Crippen LogP) is 0.954. The molecule has 3 heteroatoms. The zero-order chi connectivity index (χ0) is 7.28. The third-order valence-corrected chi connectivity index (χ3v) is 0.814. The average Bonchev–Trinajstić information content (AvgIpc) is 1.90. The summed E-state index contributed by atoms with van der Waals surface area (Å²) in [6.07, 6.45) is 0. The lowest BCUT2D eigenvalue weighted by atomic mass is 10.3. The van der Waals surface area contributed by atoms with Gasteiger partial charge >= 0.3 is 0 Å². The van der Waals surface area contributed by atoms with Gasteiger partial charge in [0, 0.05) is 0 Å². The van der Waals surface area contributed by atoms with Gasteiger partial charge in [-0.25, -0.2) is 0 Å². The van der Waals surface area contributed by atoms with E-state index in [-0.39, 0.29) is 5.76 Å². The molecular formula is C6H6N2O. The molecular weight excluding hydrogens is 116 g/mol. The third kappa shape index (κ3) is 1.84. The molecule has 0 aromatic carbocycles. The van der Waals surface area contributed by atoms with E-state index in [1.54, 1.807) is 12.1 Å². The molecule has 0 bridgehead atoms. The Hall–Kier alpha value is -1.48. The Balaban J connectivity index is 4.49. The molecule has 9 heavy (non-hydrogen) atoms. The standard InChI is InChI=1S/C6H6N2O/c1-5(3-7)6(4-8)9-2/h1-2H3. The van der Waals surface area contributed by atoms with Crippen molar-refractivity contribution in [2.24, 2.45) is 0 Å². The molecule has 0 rings (SSSR count). The lowest BCUT2D eigenvalue weighted by Crippen LogP contribution is -1.85. The van der Waals surface area contributed by atoms with Gasteiger partial charge < -0.3 is 4.74 Å². The van der Waals surface area contributed by atoms with Gasteiger partial charge in [-0.1, -0.05) is 0 Å². The summed E-state index contributed by atoms with van der Waals surface area (Å²) in [5, 5.41) is 16.5. The molecule has 0 atom stereocenters. The van der Waals surface area contributed by atoms with E-state index >= 15 is 0 Å². The number of hydrogen-bond donors (Lipinski definition) is 0. The molecule has 0 N–H and O–H groups in total. The maximum absolute atomic E-state index is 8.24. The molecule has 0 saturated carbocycles. The molecule has 0 aliphatic heterocycles. The van der Waals surface area contributed by atoms with Gasteiger partial charge in [0.2, 0.25) is 5.76 Å². The minimum atomic E-state index is 0.0810. The molecule has 0 aliphatic rings. The van der Waals surface area contributed by atoms with Crippen molar-refractivity contribution in [2.75, 3.05) is 7.11 Å². The maximum atomic E-state index is 8.24. The van der Waals surface area contributed by atoms with Gasteiger partial charge in [0.05, 0.1) is 18.8 Å². The monoisotopic (exact) mass is 122 g/mol. The highest BCUT2D eigenvalue weighted by atomic mass is 16.5. The van der Waals surface area contributed by atoms with E-state index < -0.39 is 0 Å². The number of nitriles is 2. The summed E-state index contributed by atoms with van der Waals surface area (Å²) in [4.78, 5) is 0. The average molecular weight is 122 g/mol. The Morgan fingerprint density at radius 3 is 2.00 bits per heavy atom. The van der Waals surface area contributed by atoms with Crippen LogP contribution in [-0.4, -0.2) is 7.11 Å². The minimum absolute atomic E-state index is 0.0810. The van der Waals surface area contributed by atoms with Crippen LogP contribution < -0.4 is 0 Å².